The number of hydrogen-bond acceptors (Lipinski definition) is 12. The summed E-state index contributed by atoms with van der Waals surface area (Å²) in [6.45, 7) is 12.4. The number of aryl methyl sites for hydroxylation is 2. The topological polar surface area (TPSA) is 132 Å². The Morgan fingerprint density at radius 1 is 0.569 bits per heavy atom. The van der Waals surface area contributed by atoms with E-state index < -0.39 is 0 Å². The molecule has 6 atom stereocenters. The van der Waals surface area contributed by atoms with Gasteiger partial charge in [-0.15, -0.1) is 0 Å². The van der Waals surface area contributed by atoms with Crippen LogP contribution in [0.3, 0.4) is 0 Å². The lowest BCUT2D eigenvalue weighted by Gasteiger charge is -2.27. The average molecular weight is 773 g/mol. The van der Waals surface area contributed by atoms with Crippen molar-refractivity contribution >= 4 is 23.5 Å². The van der Waals surface area contributed by atoms with E-state index in [9.17, 15) is 0 Å². The molecule has 4 fully saturated rings. The van der Waals surface area contributed by atoms with Gasteiger partial charge in [0.05, 0.1) is 11.4 Å². The number of fused-ring (bicyclic) bond motifs is 4. The predicted octanol–water partition coefficient (Wildman–Crippen LogP) is 7.14. The van der Waals surface area contributed by atoms with Gasteiger partial charge in [0, 0.05) is 97.3 Å². The number of anilines is 4. The molecule has 4 N–H and O–H groups in total. The monoisotopic (exact) mass is 772 g/mol. The smallest absolute Gasteiger partial charge is 0.226 e. The minimum absolute atomic E-state index is 0.175. The Hall–Kier alpha value is -5.98. The third-order valence-corrected chi connectivity index (χ3v) is 11.8. The number of rotatable bonds is 10. The molecule has 4 aliphatic rings. The fraction of sp³-hybridized carbons (Fsp3) is 0.348. The van der Waals surface area contributed by atoms with Gasteiger partial charge in [0.25, 0.3) is 0 Å². The minimum Gasteiger partial charge on any atom is -0.364 e. The maximum absolute atomic E-state index is 4.91. The van der Waals surface area contributed by atoms with Crippen molar-refractivity contribution in [1.29, 1.82) is 0 Å². The van der Waals surface area contributed by atoms with Crippen molar-refractivity contribution in [3.63, 3.8) is 0 Å². The van der Waals surface area contributed by atoms with Gasteiger partial charge in [-0.1, -0.05) is 60.7 Å². The summed E-state index contributed by atoms with van der Waals surface area (Å²) in [4.78, 5) is 33.0. The van der Waals surface area contributed by atoms with Gasteiger partial charge in [-0.3, -0.25) is 0 Å². The molecule has 2 aromatic carbocycles. The van der Waals surface area contributed by atoms with Crippen molar-refractivity contribution < 1.29 is 0 Å². The van der Waals surface area contributed by atoms with Crippen LogP contribution in [0.25, 0.3) is 22.5 Å². The van der Waals surface area contributed by atoms with Gasteiger partial charge in [-0.2, -0.15) is 0 Å². The van der Waals surface area contributed by atoms with Crippen LogP contribution in [0.4, 0.5) is 23.5 Å². The Kier molecular flexibility index (Phi) is 10.7. The van der Waals surface area contributed by atoms with Crippen molar-refractivity contribution in [2.24, 2.45) is 0 Å². The third kappa shape index (κ3) is 8.34. The van der Waals surface area contributed by atoms with Gasteiger partial charge in [0.1, 0.15) is 11.6 Å². The molecule has 6 aromatic rings. The Bertz CT molecular complexity index is 2180. The van der Waals surface area contributed by atoms with Crippen LogP contribution in [0.2, 0.25) is 0 Å². The van der Waals surface area contributed by atoms with Crippen molar-refractivity contribution in [3.05, 3.63) is 132 Å². The second-order valence-corrected chi connectivity index (χ2v) is 16.1. The summed E-state index contributed by atoms with van der Waals surface area (Å²) in [6.07, 6.45) is 6.06. The molecule has 4 unspecified atom stereocenters. The van der Waals surface area contributed by atoms with E-state index in [-0.39, 0.29) is 12.1 Å². The molecule has 4 aliphatic heterocycles. The standard InChI is InChI=1S/2C23H26N6/c2*1-15-10-21(28-23(26-15)29-14-19-12-20(29)13-25-19)18-8-9-24-22(11-18)27-16(2)17-6-4-3-5-7-17/h2*3-11,16,19-20,25H,12-14H2,1-2H3,(H,24,27)/t2*16-,19?,20?/m00/s1. The third-order valence-electron chi connectivity index (χ3n) is 11.8. The van der Waals surface area contributed by atoms with Crippen LogP contribution in [-0.4, -0.2) is 80.3 Å². The molecule has 12 heteroatoms. The molecular weight excluding hydrogens is 721 g/mol. The van der Waals surface area contributed by atoms with Crippen molar-refractivity contribution in [1.82, 2.24) is 40.5 Å². The number of pyridine rings is 2. The first kappa shape index (κ1) is 37.6. The van der Waals surface area contributed by atoms with Crippen molar-refractivity contribution in [3.8, 4) is 22.5 Å². The van der Waals surface area contributed by atoms with E-state index in [1.165, 1.54) is 24.0 Å². The Morgan fingerprint density at radius 2 is 1.00 bits per heavy atom. The van der Waals surface area contributed by atoms with Gasteiger partial charge >= 0.3 is 0 Å². The summed E-state index contributed by atoms with van der Waals surface area (Å²) >= 11 is 0. The molecule has 0 saturated carbocycles. The van der Waals surface area contributed by atoms with E-state index >= 15 is 0 Å². The first-order chi connectivity index (χ1) is 28.3. The highest BCUT2D eigenvalue weighted by molar-refractivity contribution is 5.66. The number of hydrogen-bond donors (Lipinski definition) is 4. The predicted molar refractivity (Wildman–Crippen MR) is 232 cm³/mol. The molecule has 296 valence electrons. The van der Waals surface area contributed by atoms with Crippen LogP contribution in [0, 0.1) is 13.8 Å². The summed E-state index contributed by atoms with van der Waals surface area (Å²) in [5.74, 6) is 3.39. The van der Waals surface area contributed by atoms with E-state index in [0.29, 0.717) is 24.2 Å². The lowest BCUT2D eigenvalue weighted by Crippen LogP contribution is -2.44. The highest BCUT2D eigenvalue weighted by Crippen LogP contribution is 2.32. The van der Waals surface area contributed by atoms with Gasteiger partial charge in [-0.25, -0.2) is 29.9 Å². The molecule has 12 nitrogen and oxygen atoms in total. The zero-order valence-electron chi connectivity index (χ0n) is 33.7. The number of nitrogens with one attached hydrogen (secondary N) is 4. The zero-order chi connectivity index (χ0) is 39.6. The lowest BCUT2D eigenvalue weighted by molar-refractivity contribution is 0.571. The highest BCUT2D eigenvalue weighted by atomic mass is 15.4. The number of benzene rings is 2. The number of aromatic nitrogens is 6. The normalized spacial score (nSPS) is 21.4. The second-order valence-electron chi connectivity index (χ2n) is 16.1. The summed E-state index contributed by atoms with van der Waals surface area (Å²) in [7, 11) is 0. The SMILES string of the molecule is Cc1cc(-c2ccnc(N[C@@H](C)c3ccccc3)c2)nc(N2CC3CC2CN3)n1.Cc1cc(-c2ccnc(N[C@@H](C)c3ccccc3)c2)nc(N2CC3CC2CN3)n1. The first-order valence-electron chi connectivity index (χ1n) is 20.6. The average Bonchev–Trinajstić information content (AvgIpc) is 4.09. The lowest BCUT2D eigenvalue weighted by atomic mass is 10.1. The quantitative estimate of drug-likeness (QED) is 0.113. The molecule has 4 aromatic heterocycles. The van der Waals surface area contributed by atoms with Crippen LogP contribution in [-0.2, 0) is 0 Å². The molecule has 0 radical (unpaired) electrons. The van der Waals surface area contributed by atoms with Crippen LogP contribution < -0.4 is 31.1 Å². The Labute approximate surface area is 341 Å². The van der Waals surface area contributed by atoms with E-state index in [0.717, 1.165) is 83.6 Å². The summed E-state index contributed by atoms with van der Waals surface area (Å²) in [6, 6.07) is 35.6. The van der Waals surface area contributed by atoms with Crippen molar-refractivity contribution in [2.45, 2.75) is 76.8 Å². The van der Waals surface area contributed by atoms with Gasteiger partial charge in [-0.05, 0) is 88.1 Å². The van der Waals surface area contributed by atoms with Gasteiger partial charge in [0.15, 0.2) is 0 Å². The maximum Gasteiger partial charge on any atom is 0.226 e. The Morgan fingerprint density at radius 3 is 1.38 bits per heavy atom. The molecular formula is C46H52N12. The largest absolute Gasteiger partial charge is 0.364 e. The molecule has 10 rings (SSSR count). The van der Waals surface area contributed by atoms with E-state index in [2.05, 4.69) is 128 Å². The summed E-state index contributed by atoms with van der Waals surface area (Å²) in [5, 5.41) is 14.1. The summed E-state index contributed by atoms with van der Waals surface area (Å²) in [5.41, 5.74) is 8.45. The molecule has 0 spiro atoms. The summed E-state index contributed by atoms with van der Waals surface area (Å²) < 4.78 is 0. The minimum atomic E-state index is 0.175. The van der Waals surface area contributed by atoms with Crippen LogP contribution in [0.15, 0.2) is 109 Å². The van der Waals surface area contributed by atoms with Crippen LogP contribution in [0.5, 0.6) is 0 Å². The van der Waals surface area contributed by atoms with Gasteiger partial charge < -0.3 is 31.1 Å². The molecule has 0 amide bonds. The molecule has 58 heavy (non-hydrogen) atoms. The molecule has 0 aliphatic carbocycles. The van der Waals surface area contributed by atoms with Crippen molar-refractivity contribution in [2.75, 3.05) is 46.6 Å². The zero-order valence-corrected chi connectivity index (χ0v) is 33.7. The highest BCUT2D eigenvalue weighted by Gasteiger charge is 2.40. The maximum atomic E-state index is 4.91. The number of nitrogens with zero attached hydrogens (tertiary/aromatic N) is 8. The molecule has 4 saturated heterocycles. The van der Waals surface area contributed by atoms with Crippen LogP contribution >= 0.6 is 0 Å². The van der Waals surface area contributed by atoms with E-state index in [1.54, 1.807) is 0 Å². The first-order valence-corrected chi connectivity index (χ1v) is 20.6. The Balaban J connectivity index is 0.000000150. The van der Waals surface area contributed by atoms with E-state index in [1.807, 2.05) is 50.5 Å². The molecule has 8 heterocycles. The number of piperazine rings is 2. The van der Waals surface area contributed by atoms with E-state index in [4.69, 9.17) is 19.9 Å². The second kappa shape index (κ2) is 16.5. The fourth-order valence-electron chi connectivity index (χ4n) is 8.70. The van der Waals surface area contributed by atoms with Crippen LogP contribution in [0.1, 0.15) is 61.3 Å². The fourth-order valence-corrected chi connectivity index (χ4v) is 8.70. The molecule has 4 bridgehead atoms. The van der Waals surface area contributed by atoms with Gasteiger partial charge in [0.2, 0.25) is 11.9 Å².